The average Bonchev–Trinajstić information content (AvgIpc) is 2.46. The van der Waals surface area contributed by atoms with Gasteiger partial charge in [-0.25, -0.2) is 13.1 Å². The van der Waals surface area contributed by atoms with E-state index in [1.807, 2.05) is 0 Å². The Labute approximate surface area is 136 Å². The summed E-state index contributed by atoms with van der Waals surface area (Å²) in [6.07, 6.45) is -3.25. The van der Waals surface area contributed by atoms with E-state index in [2.05, 4.69) is 9.71 Å². The highest BCUT2D eigenvalue weighted by atomic mass is 35.5. The van der Waals surface area contributed by atoms with Crippen LogP contribution < -0.4 is 4.72 Å². The number of halogens is 4. The van der Waals surface area contributed by atoms with Gasteiger partial charge in [-0.1, -0.05) is 17.7 Å². The minimum Gasteiger partial charge on any atom is -0.260 e. The zero-order chi connectivity index (χ0) is 17.3. The molecule has 2 aromatic rings. The van der Waals surface area contributed by atoms with E-state index in [0.29, 0.717) is 11.8 Å². The molecule has 0 aliphatic carbocycles. The van der Waals surface area contributed by atoms with Gasteiger partial charge in [0.25, 0.3) is 0 Å². The molecule has 0 unspecified atom stereocenters. The fraction of sp³-hybridized carbons (Fsp3) is 0.214. The van der Waals surface area contributed by atoms with Gasteiger partial charge in [0.15, 0.2) is 0 Å². The van der Waals surface area contributed by atoms with E-state index >= 15 is 0 Å². The Hall–Kier alpha value is -1.64. The van der Waals surface area contributed by atoms with Crippen molar-refractivity contribution < 1.29 is 21.6 Å². The third kappa shape index (κ3) is 4.21. The molecule has 1 aromatic carbocycles. The summed E-state index contributed by atoms with van der Waals surface area (Å²) in [6.45, 7) is 1.54. The van der Waals surface area contributed by atoms with E-state index in [9.17, 15) is 21.6 Å². The van der Waals surface area contributed by atoms with Gasteiger partial charge in [-0.3, -0.25) is 4.98 Å². The second-order valence-corrected chi connectivity index (χ2v) is 6.86. The fourth-order valence-corrected chi connectivity index (χ4v) is 3.35. The van der Waals surface area contributed by atoms with Gasteiger partial charge in [0.2, 0.25) is 10.0 Å². The molecule has 1 aromatic heterocycles. The van der Waals surface area contributed by atoms with Crippen LogP contribution in [0.3, 0.4) is 0 Å². The van der Waals surface area contributed by atoms with Crippen LogP contribution in [0.15, 0.2) is 47.5 Å². The Morgan fingerprint density at radius 1 is 1.22 bits per heavy atom. The lowest BCUT2D eigenvalue weighted by Gasteiger charge is -2.15. The first kappa shape index (κ1) is 17.7. The highest BCUT2D eigenvalue weighted by Crippen LogP contribution is 2.36. The molecule has 2 rings (SSSR count). The molecule has 1 N–H and O–H groups in total. The average molecular weight is 365 g/mol. The maximum atomic E-state index is 12.8. The number of aromatic nitrogens is 1. The third-order valence-corrected chi connectivity index (χ3v) is 4.88. The highest BCUT2D eigenvalue weighted by Gasteiger charge is 2.34. The van der Waals surface area contributed by atoms with Crippen LogP contribution in [0.4, 0.5) is 13.2 Å². The quantitative estimate of drug-likeness (QED) is 0.897. The van der Waals surface area contributed by atoms with Crippen LogP contribution in [-0.4, -0.2) is 13.4 Å². The van der Waals surface area contributed by atoms with Crippen LogP contribution in [0.25, 0.3) is 0 Å². The number of rotatable bonds is 4. The number of nitrogens with one attached hydrogen (secondary N) is 1. The van der Waals surface area contributed by atoms with Crippen molar-refractivity contribution in [1.82, 2.24) is 9.71 Å². The van der Waals surface area contributed by atoms with Gasteiger partial charge >= 0.3 is 6.18 Å². The first-order chi connectivity index (χ1) is 10.6. The third-order valence-electron chi connectivity index (χ3n) is 3.02. The Morgan fingerprint density at radius 2 is 1.91 bits per heavy atom. The van der Waals surface area contributed by atoms with Gasteiger partial charge in [-0.05, 0) is 37.3 Å². The molecule has 1 heterocycles. The number of pyridine rings is 1. The number of benzene rings is 1. The molecule has 0 radical (unpaired) electrons. The van der Waals surface area contributed by atoms with Gasteiger partial charge in [-0.2, -0.15) is 13.2 Å². The molecule has 0 amide bonds. The van der Waals surface area contributed by atoms with Crippen molar-refractivity contribution in [2.24, 2.45) is 0 Å². The number of alkyl halides is 3. The summed E-state index contributed by atoms with van der Waals surface area (Å²) >= 11 is 5.49. The zero-order valence-corrected chi connectivity index (χ0v) is 13.4. The number of sulfonamides is 1. The fourth-order valence-electron chi connectivity index (χ4n) is 1.88. The van der Waals surface area contributed by atoms with Crippen molar-refractivity contribution >= 4 is 21.6 Å². The molecule has 1 atom stereocenters. The maximum Gasteiger partial charge on any atom is 0.417 e. The van der Waals surface area contributed by atoms with Crippen molar-refractivity contribution in [1.29, 1.82) is 0 Å². The Morgan fingerprint density at radius 3 is 2.48 bits per heavy atom. The van der Waals surface area contributed by atoms with Gasteiger partial charge in [0.1, 0.15) is 0 Å². The normalized spacial score (nSPS) is 13.8. The summed E-state index contributed by atoms with van der Waals surface area (Å²) in [5.41, 5.74) is -0.756. The number of hydrogen-bond acceptors (Lipinski definition) is 3. The number of nitrogens with zero attached hydrogens (tertiary/aromatic N) is 1. The van der Waals surface area contributed by atoms with Crippen molar-refractivity contribution in [3.63, 3.8) is 0 Å². The number of hydrogen-bond donors (Lipinski definition) is 1. The van der Waals surface area contributed by atoms with Crippen LogP contribution in [0.1, 0.15) is 24.2 Å². The van der Waals surface area contributed by atoms with Crippen molar-refractivity contribution in [2.75, 3.05) is 0 Å². The van der Waals surface area contributed by atoms with Crippen LogP contribution in [0, 0.1) is 0 Å². The van der Waals surface area contributed by atoms with Gasteiger partial charge in [-0.15, -0.1) is 0 Å². The molecule has 0 aliphatic rings. The summed E-state index contributed by atoms with van der Waals surface area (Å²) in [7, 11) is -4.16. The van der Waals surface area contributed by atoms with E-state index in [0.717, 1.165) is 12.1 Å². The Balaban J connectivity index is 2.34. The van der Waals surface area contributed by atoms with Crippen molar-refractivity contribution in [3.05, 3.63) is 58.9 Å². The smallest absolute Gasteiger partial charge is 0.260 e. The largest absolute Gasteiger partial charge is 0.417 e. The van der Waals surface area contributed by atoms with E-state index in [4.69, 9.17) is 11.6 Å². The summed E-state index contributed by atoms with van der Waals surface area (Å²) in [6, 6.07) is 6.68. The summed E-state index contributed by atoms with van der Waals surface area (Å²) in [4.78, 5) is 3.48. The zero-order valence-electron chi connectivity index (χ0n) is 11.8. The van der Waals surface area contributed by atoms with Crippen LogP contribution >= 0.6 is 11.6 Å². The SMILES string of the molecule is C[C@@H](NS(=O)(=O)c1ccc(Cl)c(C(F)(F)F)c1)c1ccccn1. The van der Waals surface area contributed by atoms with E-state index in [1.165, 1.54) is 6.20 Å². The van der Waals surface area contributed by atoms with Crippen LogP contribution in [0.2, 0.25) is 5.02 Å². The molecular weight excluding hydrogens is 353 g/mol. The Kier molecular flexibility index (Phi) is 4.98. The summed E-state index contributed by atoms with van der Waals surface area (Å²) < 4.78 is 65.3. The highest BCUT2D eigenvalue weighted by molar-refractivity contribution is 7.89. The minimum absolute atomic E-state index is 0.445. The summed E-state index contributed by atoms with van der Waals surface area (Å²) in [5.74, 6) is 0. The molecule has 124 valence electrons. The second-order valence-electron chi connectivity index (χ2n) is 4.74. The van der Waals surface area contributed by atoms with E-state index in [-0.39, 0.29) is 0 Å². The van der Waals surface area contributed by atoms with Crippen molar-refractivity contribution in [2.45, 2.75) is 24.0 Å². The molecule has 0 fully saturated rings. The predicted octanol–water partition coefficient (Wildman–Crippen LogP) is 3.79. The van der Waals surface area contributed by atoms with E-state index < -0.39 is 37.7 Å². The van der Waals surface area contributed by atoms with Gasteiger partial charge in [0.05, 0.1) is 27.2 Å². The topological polar surface area (TPSA) is 59.1 Å². The predicted molar refractivity (Wildman–Crippen MR) is 79.4 cm³/mol. The lowest BCUT2D eigenvalue weighted by molar-refractivity contribution is -0.137. The van der Waals surface area contributed by atoms with Crippen molar-refractivity contribution in [3.8, 4) is 0 Å². The van der Waals surface area contributed by atoms with Gasteiger partial charge < -0.3 is 0 Å². The van der Waals surface area contributed by atoms with Crippen LogP contribution in [0.5, 0.6) is 0 Å². The molecule has 9 heteroatoms. The lowest BCUT2D eigenvalue weighted by atomic mass is 10.2. The molecule has 0 saturated heterocycles. The monoisotopic (exact) mass is 364 g/mol. The second kappa shape index (κ2) is 6.46. The molecule has 0 saturated carbocycles. The first-order valence-corrected chi connectivity index (χ1v) is 8.27. The maximum absolute atomic E-state index is 12.8. The molecule has 23 heavy (non-hydrogen) atoms. The molecule has 0 bridgehead atoms. The molecule has 4 nitrogen and oxygen atoms in total. The van der Waals surface area contributed by atoms with Crippen LogP contribution in [-0.2, 0) is 16.2 Å². The standard InChI is InChI=1S/C14H12ClF3N2O2S/c1-9(13-4-2-3-7-19-13)20-23(21,22)10-5-6-12(15)11(8-10)14(16,17)18/h2-9,20H,1H3/t9-/m1/s1. The minimum atomic E-state index is -4.74. The lowest BCUT2D eigenvalue weighted by Crippen LogP contribution is -2.27. The Bertz CT molecular complexity index is 795. The first-order valence-electron chi connectivity index (χ1n) is 6.41. The van der Waals surface area contributed by atoms with E-state index in [1.54, 1.807) is 25.1 Å². The van der Waals surface area contributed by atoms with Gasteiger partial charge in [0, 0.05) is 6.20 Å². The summed E-state index contributed by atoms with van der Waals surface area (Å²) in [5, 5.41) is -0.561. The molecular formula is C14H12ClF3N2O2S. The molecule has 0 spiro atoms. The molecule has 0 aliphatic heterocycles.